The van der Waals surface area contributed by atoms with Gasteiger partial charge >= 0.3 is 0 Å². The highest BCUT2D eigenvalue weighted by atomic mass is 32.2. The van der Waals surface area contributed by atoms with E-state index >= 15 is 0 Å². The smallest absolute Gasteiger partial charge is 0.208 e. The van der Waals surface area contributed by atoms with Crippen molar-refractivity contribution in [1.82, 2.24) is 24.9 Å². The average molecular weight is 321 g/mol. The molecule has 0 saturated heterocycles. The number of rotatable bonds is 4. The number of nitrogens with zero attached hydrogens (tertiary/aromatic N) is 4. The van der Waals surface area contributed by atoms with Gasteiger partial charge in [0.25, 0.3) is 0 Å². The highest BCUT2D eigenvalue weighted by Gasteiger charge is 2.26. The summed E-state index contributed by atoms with van der Waals surface area (Å²) >= 11 is 0. The Balaban J connectivity index is 1.77. The molecule has 1 aromatic heterocycles. The summed E-state index contributed by atoms with van der Waals surface area (Å²) in [6.45, 7) is 2.10. The van der Waals surface area contributed by atoms with E-state index in [0.29, 0.717) is 5.92 Å². The van der Waals surface area contributed by atoms with Gasteiger partial charge in [-0.15, -0.1) is 5.10 Å². The van der Waals surface area contributed by atoms with Gasteiger partial charge in [0.05, 0.1) is 10.6 Å². The van der Waals surface area contributed by atoms with E-state index in [-0.39, 0.29) is 10.9 Å². The number of tetrazole rings is 1. The molecule has 2 aromatic rings. The van der Waals surface area contributed by atoms with Gasteiger partial charge in [0.15, 0.2) is 0 Å². The number of benzene rings is 1. The van der Waals surface area contributed by atoms with Crippen molar-refractivity contribution in [2.75, 3.05) is 0 Å². The third-order valence-electron chi connectivity index (χ3n) is 4.18. The Morgan fingerprint density at radius 3 is 2.55 bits per heavy atom. The minimum atomic E-state index is -3.49. The quantitative estimate of drug-likeness (QED) is 0.922. The van der Waals surface area contributed by atoms with Crippen molar-refractivity contribution in [1.29, 1.82) is 0 Å². The molecule has 0 aliphatic heterocycles. The second-order valence-electron chi connectivity index (χ2n) is 5.74. The molecule has 1 heterocycles. The van der Waals surface area contributed by atoms with E-state index in [9.17, 15) is 8.42 Å². The van der Waals surface area contributed by atoms with Crippen LogP contribution in [0.15, 0.2) is 35.5 Å². The van der Waals surface area contributed by atoms with Crippen molar-refractivity contribution in [3.63, 3.8) is 0 Å². The monoisotopic (exact) mass is 321 g/mol. The number of sulfonamides is 1. The SMILES string of the molecule is C[C@@H]1CCCC[C@@H]1NS(=O)(=O)c1ccc(-n2cnnn2)cc1. The van der Waals surface area contributed by atoms with E-state index in [0.717, 1.165) is 24.9 Å². The van der Waals surface area contributed by atoms with Crippen molar-refractivity contribution >= 4 is 10.0 Å². The van der Waals surface area contributed by atoms with Crippen LogP contribution in [-0.4, -0.2) is 34.7 Å². The molecular formula is C14H19N5O2S. The standard InChI is InChI=1S/C14H19N5O2S/c1-11-4-2-3-5-14(11)16-22(20,21)13-8-6-12(7-9-13)19-10-15-17-18-19/h6-11,14,16H,2-5H2,1H3/t11-,14+/m1/s1. The lowest BCUT2D eigenvalue weighted by Crippen LogP contribution is -2.40. The van der Waals surface area contributed by atoms with Crippen LogP contribution in [0.25, 0.3) is 5.69 Å². The lowest BCUT2D eigenvalue weighted by Gasteiger charge is -2.29. The van der Waals surface area contributed by atoms with Gasteiger partial charge in [-0.05, 0) is 53.5 Å². The van der Waals surface area contributed by atoms with Crippen molar-refractivity contribution < 1.29 is 8.42 Å². The first-order valence-electron chi connectivity index (χ1n) is 7.42. The second-order valence-corrected chi connectivity index (χ2v) is 7.45. The summed E-state index contributed by atoms with van der Waals surface area (Å²) in [5, 5.41) is 10.9. The summed E-state index contributed by atoms with van der Waals surface area (Å²) in [7, 11) is -3.49. The fourth-order valence-corrected chi connectivity index (χ4v) is 4.20. The normalized spacial score (nSPS) is 22.6. The van der Waals surface area contributed by atoms with Crippen LogP contribution in [-0.2, 0) is 10.0 Å². The summed E-state index contributed by atoms with van der Waals surface area (Å²) in [5.41, 5.74) is 0.718. The first-order valence-corrected chi connectivity index (χ1v) is 8.90. The molecule has 3 rings (SSSR count). The zero-order valence-electron chi connectivity index (χ0n) is 12.4. The van der Waals surface area contributed by atoms with E-state index in [4.69, 9.17) is 0 Å². The van der Waals surface area contributed by atoms with Gasteiger partial charge in [-0.1, -0.05) is 19.8 Å². The Bertz CT molecular complexity index is 712. The van der Waals surface area contributed by atoms with Crippen molar-refractivity contribution in [2.45, 2.75) is 43.5 Å². The third-order valence-corrected chi connectivity index (χ3v) is 5.68. The molecule has 0 radical (unpaired) electrons. The fraction of sp³-hybridized carbons (Fsp3) is 0.500. The highest BCUT2D eigenvalue weighted by molar-refractivity contribution is 7.89. The van der Waals surface area contributed by atoms with Crippen LogP contribution in [0.5, 0.6) is 0 Å². The molecule has 2 atom stereocenters. The van der Waals surface area contributed by atoms with E-state index in [2.05, 4.69) is 27.2 Å². The van der Waals surface area contributed by atoms with Crippen LogP contribution in [0.2, 0.25) is 0 Å². The predicted molar refractivity (Wildman–Crippen MR) is 80.9 cm³/mol. The summed E-state index contributed by atoms with van der Waals surface area (Å²) in [6.07, 6.45) is 5.70. The van der Waals surface area contributed by atoms with Crippen molar-refractivity contribution in [3.05, 3.63) is 30.6 Å². The number of nitrogens with one attached hydrogen (secondary N) is 1. The van der Waals surface area contributed by atoms with Gasteiger partial charge in [-0.3, -0.25) is 0 Å². The summed E-state index contributed by atoms with van der Waals surface area (Å²) in [5.74, 6) is 0.379. The maximum absolute atomic E-state index is 12.5. The molecule has 118 valence electrons. The molecule has 1 fully saturated rings. The van der Waals surface area contributed by atoms with Gasteiger partial charge in [0.2, 0.25) is 10.0 Å². The topological polar surface area (TPSA) is 89.8 Å². The van der Waals surface area contributed by atoms with Crippen LogP contribution in [0.1, 0.15) is 32.6 Å². The largest absolute Gasteiger partial charge is 0.240 e. The maximum Gasteiger partial charge on any atom is 0.240 e. The van der Waals surface area contributed by atoms with E-state index in [1.807, 2.05) is 0 Å². The van der Waals surface area contributed by atoms with Crippen LogP contribution in [0.3, 0.4) is 0 Å². The molecule has 22 heavy (non-hydrogen) atoms. The zero-order valence-corrected chi connectivity index (χ0v) is 13.2. The van der Waals surface area contributed by atoms with Gasteiger partial charge in [0, 0.05) is 6.04 Å². The zero-order chi connectivity index (χ0) is 15.6. The fourth-order valence-electron chi connectivity index (χ4n) is 2.82. The van der Waals surface area contributed by atoms with Crippen LogP contribution >= 0.6 is 0 Å². The molecule has 1 aromatic carbocycles. The first kappa shape index (κ1) is 15.1. The minimum absolute atomic E-state index is 0.0259. The Hall–Kier alpha value is -1.80. The molecule has 1 N–H and O–H groups in total. The molecule has 1 aliphatic carbocycles. The predicted octanol–water partition coefficient (Wildman–Crippen LogP) is 1.52. The Morgan fingerprint density at radius 1 is 1.18 bits per heavy atom. The molecular weight excluding hydrogens is 302 g/mol. The summed E-state index contributed by atoms with van der Waals surface area (Å²) in [6, 6.07) is 6.56. The number of hydrogen-bond acceptors (Lipinski definition) is 5. The van der Waals surface area contributed by atoms with Crippen LogP contribution in [0, 0.1) is 5.92 Å². The van der Waals surface area contributed by atoms with Gasteiger partial charge in [-0.25, -0.2) is 17.8 Å². The Morgan fingerprint density at radius 2 is 1.91 bits per heavy atom. The molecule has 7 nitrogen and oxygen atoms in total. The van der Waals surface area contributed by atoms with E-state index in [1.54, 1.807) is 24.3 Å². The van der Waals surface area contributed by atoms with E-state index in [1.165, 1.54) is 17.4 Å². The second kappa shape index (κ2) is 6.13. The lowest BCUT2D eigenvalue weighted by atomic mass is 9.87. The molecule has 0 unspecified atom stereocenters. The van der Waals surface area contributed by atoms with Crippen LogP contribution in [0.4, 0.5) is 0 Å². The van der Waals surface area contributed by atoms with Crippen molar-refractivity contribution in [2.24, 2.45) is 5.92 Å². The minimum Gasteiger partial charge on any atom is -0.208 e. The molecule has 1 aliphatic rings. The third kappa shape index (κ3) is 3.17. The lowest BCUT2D eigenvalue weighted by molar-refractivity contribution is 0.310. The van der Waals surface area contributed by atoms with Crippen molar-refractivity contribution in [3.8, 4) is 5.69 Å². The molecule has 0 bridgehead atoms. The Labute approximate surface area is 129 Å². The summed E-state index contributed by atoms with van der Waals surface area (Å²) < 4.78 is 29.3. The van der Waals surface area contributed by atoms with Gasteiger partial charge in [0.1, 0.15) is 6.33 Å². The average Bonchev–Trinajstić information content (AvgIpc) is 3.04. The first-order chi connectivity index (χ1) is 10.6. The maximum atomic E-state index is 12.5. The molecule has 0 spiro atoms. The van der Waals surface area contributed by atoms with Gasteiger partial charge < -0.3 is 0 Å². The molecule has 0 amide bonds. The molecule has 8 heteroatoms. The molecule has 1 saturated carbocycles. The number of aromatic nitrogens is 4. The van der Waals surface area contributed by atoms with Crippen LogP contribution < -0.4 is 4.72 Å². The highest BCUT2D eigenvalue weighted by Crippen LogP contribution is 2.25. The Kier molecular flexibility index (Phi) is 4.21. The van der Waals surface area contributed by atoms with Gasteiger partial charge in [-0.2, -0.15) is 0 Å². The van der Waals surface area contributed by atoms with E-state index < -0.39 is 10.0 Å². The summed E-state index contributed by atoms with van der Waals surface area (Å²) in [4.78, 5) is 0.266. The number of hydrogen-bond donors (Lipinski definition) is 1.